The zero-order chi connectivity index (χ0) is 24.4. The van der Waals surface area contributed by atoms with E-state index in [-0.39, 0.29) is 11.8 Å². The Hall–Kier alpha value is -1.93. The predicted octanol–water partition coefficient (Wildman–Crippen LogP) is 4.03. The van der Waals surface area contributed by atoms with Crippen molar-refractivity contribution < 1.29 is 9.53 Å². The van der Waals surface area contributed by atoms with Gasteiger partial charge >= 0.3 is 0 Å². The zero-order valence-corrected chi connectivity index (χ0v) is 21.7. The molecule has 1 aromatic heterocycles. The second-order valence-corrected chi connectivity index (χ2v) is 10.6. The Bertz CT molecular complexity index is 1050. The number of carbonyl (C=O) groups is 1. The van der Waals surface area contributed by atoms with Gasteiger partial charge in [0.25, 0.3) is 0 Å². The molecule has 0 saturated carbocycles. The number of aryl methyl sites for hydroxylation is 1. The minimum absolute atomic E-state index is 0.129. The third kappa shape index (κ3) is 5.43. The van der Waals surface area contributed by atoms with E-state index in [2.05, 4.69) is 27.1 Å². The molecule has 188 valence electrons. The van der Waals surface area contributed by atoms with Gasteiger partial charge in [-0.25, -0.2) is 9.97 Å². The molecule has 5 rings (SSSR count). The lowest BCUT2D eigenvalue weighted by Gasteiger charge is -2.38. The maximum Gasteiger partial charge on any atom is 0.231 e. The first-order chi connectivity index (χ1) is 17.0. The molecule has 2 saturated heterocycles. The molecule has 9 heteroatoms. The number of amides is 1. The van der Waals surface area contributed by atoms with Crippen molar-refractivity contribution in [2.45, 2.75) is 50.5 Å². The molecular weight excluding hydrogens is 485 g/mol. The molecule has 0 bridgehead atoms. The van der Waals surface area contributed by atoms with Crippen molar-refractivity contribution >= 4 is 34.9 Å². The smallest absolute Gasteiger partial charge is 0.231 e. The monoisotopic (exact) mass is 517 g/mol. The number of ether oxygens (including phenoxy) is 1. The lowest BCUT2D eigenvalue weighted by molar-refractivity contribution is -0.133. The second-order valence-electron chi connectivity index (χ2n) is 9.83. The van der Waals surface area contributed by atoms with Crippen LogP contribution in [0.2, 0.25) is 10.0 Å². The summed E-state index contributed by atoms with van der Waals surface area (Å²) in [7, 11) is 0. The number of rotatable bonds is 6. The third-order valence-corrected chi connectivity index (χ3v) is 8.36. The minimum Gasteiger partial charge on any atom is -0.381 e. The number of benzene rings is 1. The summed E-state index contributed by atoms with van der Waals surface area (Å²) >= 11 is 12.5. The van der Waals surface area contributed by atoms with Crippen molar-refractivity contribution in [3.05, 3.63) is 51.4 Å². The van der Waals surface area contributed by atoms with E-state index >= 15 is 0 Å². The van der Waals surface area contributed by atoms with Gasteiger partial charge in [0.15, 0.2) is 0 Å². The summed E-state index contributed by atoms with van der Waals surface area (Å²) in [6.07, 6.45) is 5.76. The molecule has 2 atom stereocenters. The summed E-state index contributed by atoms with van der Waals surface area (Å²) in [5.41, 5.74) is 3.37. The van der Waals surface area contributed by atoms with Gasteiger partial charge in [0, 0.05) is 63.2 Å². The molecule has 0 spiro atoms. The van der Waals surface area contributed by atoms with Crippen LogP contribution < -0.4 is 10.2 Å². The Morgan fingerprint density at radius 3 is 2.63 bits per heavy atom. The van der Waals surface area contributed by atoms with Crippen LogP contribution in [0.3, 0.4) is 0 Å². The number of nitrogens with one attached hydrogen (secondary N) is 1. The first-order valence-electron chi connectivity index (χ1n) is 12.6. The highest BCUT2D eigenvalue weighted by Crippen LogP contribution is 2.37. The average molecular weight is 518 g/mol. The molecule has 1 unspecified atom stereocenters. The van der Waals surface area contributed by atoms with Gasteiger partial charge in [-0.15, -0.1) is 0 Å². The van der Waals surface area contributed by atoms with E-state index in [9.17, 15) is 4.79 Å². The molecule has 1 aromatic carbocycles. The van der Waals surface area contributed by atoms with Gasteiger partial charge in [-0.2, -0.15) is 0 Å². The Morgan fingerprint density at radius 2 is 1.89 bits per heavy atom. The van der Waals surface area contributed by atoms with Crippen molar-refractivity contribution in [2.24, 2.45) is 0 Å². The number of aromatic nitrogens is 2. The number of nitrogens with zero attached hydrogens (tertiary/aromatic N) is 4. The molecule has 35 heavy (non-hydrogen) atoms. The summed E-state index contributed by atoms with van der Waals surface area (Å²) in [5, 5.41) is 4.59. The fourth-order valence-electron chi connectivity index (χ4n) is 5.50. The second kappa shape index (κ2) is 11.0. The molecule has 1 amide bonds. The first kappa shape index (κ1) is 24.8. The standard InChI is InChI=1S/C26H33Cl2N5O2/c1-17-2-5-23-24(17)25(31-16-30-23)32-8-10-33(11-9-32)26(34)20(15-29-19-6-12-35-13-7-19)18-3-4-21(27)22(28)14-18/h3-4,14,16-17,19-20,29H,2,5-13,15H2,1H3/t17?,20-/m1/s1. The maximum atomic E-state index is 13.8. The van der Waals surface area contributed by atoms with Crippen LogP contribution in [0, 0.1) is 0 Å². The Morgan fingerprint density at radius 1 is 1.11 bits per heavy atom. The van der Waals surface area contributed by atoms with Gasteiger partial charge in [0.1, 0.15) is 12.1 Å². The molecule has 7 nitrogen and oxygen atoms in total. The summed E-state index contributed by atoms with van der Waals surface area (Å²) < 4.78 is 5.48. The van der Waals surface area contributed by atoms with Crippen LogP contribution in [0.1, 0.15) is 54.8 Å². The third-order valence-electron chi connectivity index (χ3n) is 7.62. The van der Waals surface area contributed by atoms with E-state index in [1.165, 1.54) is 11.3 Å². The van der Waals surface area contributed by atoms with Crippen LogP contribution >= 0.6 is 23.2 Å². The Balaban J connectivity index is 1.29. The van der Waals surface area contributed by atoms with E-state index in [0.29, 0.717) is 41.6 Å². The molecule has 3 aliphatic rings. The van der Waals surface area contributed by atoms with Crippen molar-refractivity contribution in [2.75, 3.05) is 50.8 Å². The van der Waals surface area contributed by atoms with Crippen LogP contribution in [-0.4, -0.2) is 72.8 Å². The number of piperazine rings is 1. The fourth-order valence-corrected chi connectivity index (χ4v) is 5.80. The van der Waals surface area contributed by atoms with Gasteiger partial charge in [0.05, 0.1) is 16.0 Å². The SMILES string of the molecule is CC1CCc2ncnc(N3CCN(C(=O)[C@H](CNC4CCOCC4)c4ccc(Cl)c(Cl)c4)CC3)c21. The van der Waals surface area contributed by atoms with Crippen LogP contribution in [0.4, 0.5) is 5.82 Å². The van der Waals surface area contributed by atoms with E-state index in [0.717, 1.165) is 63.4 Å². The highest BCUT2D eigenvalue weighted by Gasteiger charge is 2.32. The topological polar surface area (TPSA) is 70.6 Å². The number of hydrogen-bond acceptors (Lipinski definition) is 6. The Kier molecular flexibility index (Phi) is 7.77. The Labute approximate surface area is 217 Å². The van der Waals surface area contributed by atoms with Gasteiger partial charge in [0.2, 0.25) is 5.91 Å². The lowest BCUT2D eigenvalue weighted by Crippen LogP contribution is -2.51. The number of carbonyl (C=O) groups excluding carboxylic acids is 1. The molecule has 1 aliphatic carbocycles. The van der Waals surface area contributed by atoms with Crippen molar-refractivity contribution in [1.82, 2.24) is 20.2 Å². The van der Waals surface area contributed by atoms with Gasteiger partial charge < -0.3 is 19.9 Å². The quantitative estimate of drug-likeness (QED) is 0.623. The van der Waals surface area contributed by atoms with E-state index in [1.807, 2.05) is 17.0 Å². The first-order valence-corrected chi connectivity index (χ1v) is 13.4. The molecular formula is C26H33Cl2N5O2. The van der Waals surface area contributed by atoms with Crippen molar-refractivity contribution in [3.8, 4) is 0 Å². The van der Waals surface area contributed by atoms with Crippen molar-refractivity contribution in [1.29, 1.82) is 0 Å². The molecule has 1 N–H and O–H groups in total. The normalized spacial score (nSPS) is 21.7. The lowest BCUT2D eigenvalue weighted by atomic mass is 9.96. The predicted molar refractivity (Wildman–Crippen MR) is 139 cm³/mol. The van der Waals surface area contributed by atoms with Crippen molar-refractivity contribution in [3.63, 3.8) is 0 Å². The van der Waals surface area contributed by atoms with Crippen LogP contribution in [0.25, 0.3) is 0 Å². The van der Waals surface area contributed by atoms with Gasteiger partial charge in [-0.1, -0.05) is 36.2 Å². The molecule has 3 heterocycles. The van der Waals surface area contributed by atoms with E-state index in [4.69, 9.17) is 27.9 Å². The fraction of sp³-hybridized carbons (Fsp3) is 0.577. The van der Waals surface area contributed by atoms with E-state index < -0.39 is 0 Å². The molecule has 0 radical (unpaired) electrons. The highest BCUT2D eigenvalue weighted by atomic mass is 35.5. The summed E-state index contributed by atoms with van der Waals surface area (Å²) in [4.78, 5) is 27.2. The molecule has 2 aliphatic heterocycles. The molecule has 2 fully saturated rings. The minimum atomic E-state index is -0.317. The summed E-state index contributed by atoms with van der Waals surface area (Å²) in [5.74, 6) is 1.34. The van der Waals surface area contributed by atoms with Crippen LogP contribution in [0.5, 0.6) is 0 Å². The van der Waals surface area contributed by atoms with Crippen LogP contribution in [-0.2, 0) is 16.0 Å². The summed E-state index contributed by atoms with van der Waals surface area (Å²) in [6.45, 7) is 7.21. The number of anilines is 1. The van der Waals surface area contributed by atoms with E-state index in [1.54, 1.807) is 12.4 Å². The molecule has 2 aromatic rings. The highest BCUT2D eigenvalue weighted by molar-refractivity contribution is 6.42. The zero-order valence-electron chi connectivity index (χ0n) is 20.2. The van der Waals surface area contributed by atoms with Gasteiger partial charge in [-0.05, 0) is 49.3 Å². The number of hydrogen-bond donors (Lipinski definition) is 1. The average Bonchev–Trinajstić information content (AvgIpc) is 3.28. The van der Waals surface area contributed by atoms with Crippen LogP contribution in [0.15, 0.2) is 24.5 Å². The number of fused-ring (bicyclic) bond motifs is 1. The van der Waals surface area contributed by atoms with Gasteiger partial charge in [-0.3, -0.25) is 4.79 Å². The maximum absolute atomic E-state index is 13.8. The number of halogens is 2. The largest absolute Gasteiger partial charge is 0.381 e. The summed E-state index contributed by atoms with van der Waals surface area (Å²) in [6, 6.07) is 5.90.